The average molecular weight is 302 g/mol. The first-order valence-corrected chi connectivity index (χ1v) is 7.33. The zero-order valence-electron chi connectivity index (χ0n) is 12.4. The minimum Gasteiger partial charge on any atom is -0.467 e. The fraction of sp³-hybridized carbons (Fsp3) is 0.400. The lowest BCUT2D eigenvalue weighted by Crippen LogP contribution is -2.41. The summed E-state index contributed by atoms with van der Waals surface area (Å²) in [6.45, 7) is 3.02. The predicted octanol–water partition coefficient (Wildman–Crippen LogP) is 1.63. The number of amides is 2. The number of nitrogens with one attached hydrogen (secondary N) is 1. The summed E-state index contributed by atoms with van der Waals surface area (Å²) in [5.74, 6) is 0.932. The largest absolute Gasteiger partial charge is 0.467 e. The molecule has 0 bridgehead atoms. The topological polar surface area (TPSA) is 80.4 Å². The van der Waals surface area contributed by atoms with Crippen molar-refractivity contribution in [3.63, 3.8) is 0 Å². The van der Waals surface area contributed by atoms with E-state index in [1.165, 1.54) is 0 Å². The van der Waals surface area contributed by atoms with Crippen LogP contribution in [-0.2, 0) is 22.7 Å². The minimum atomic E-state index is -0.482. The van der Waals surface area contributed by atoms with Gasteiger partial charge in [-0.1, -0.05) is 0 Å². The van der Waals surface area contributed by atoms with Gasteiger partial charge in [0.2, 0.25) is 11.8 Å². The molecule has 2 aromatic heterocycles. The van der Waals surface area contributed by atoms with Gasteiger partial charge in [0, 0.05) is 25.2 Å². The first kappa shape index (κ1) is 14.4. The maximum Gasteiger partial charge on any atom is 0.248 e. The molecule has 116 valence electrons. The van der Waals surface area contributed by atoms with Gasteiger partial charge in [-0.05, 0) is 25.5 Å². The SMILES string of the molecule is CCn1ccc(NC(=O)[C@H]2CCC(=O)N2Cc2ccco2)n1. The standard InChI is InChI=1S/C15H18N4O3/c1-2-18-8-7-13(17-18)16-15(21)12-5-6-14(20)19(12)10-11-4-3-9-22-11/h3-4,7-9,12H,2,5-6,10H2,1H3,(H,16,17,21)/t12-/m1/s1. The molecule has 0 aromatic carbocycles. The summed E-state index contributed by atoms with van der Waals surface area (Å²) < 4.78 is 7.00. The number of nitrogens with zero attached hydrogens (tertiary/aromatic N) is 3. The molecule has 3 rings (SSSR count). The molecular weight excluding hydrogens is 284 g/mol. The Morgan fingerprint density at radius 2 is 2.36 bits per heavy atom. The number of likely N-dealkylation sites (tertiary alicyclic amines) is 1. The zero-order chi connectivity index (χ0) is 15.5. The number of carbonyl (C=O) groups is 2. The first-order valence-electron chi connectivity index (χ1n) is 7.33. The van der Waals surface area contributed by atoms with Gasteiger partial charge in [-0.15, -0.1) is 0 Å². The van der Waals surface area contributed by atoms with Gasteiger partial charge in [-0.3, -0.25) is 14.3 Å². The van der Waals surface area contributed by atoms with E-state index in [2.05, 4.69) is 10.4 Å². The third kappa shape index (κ3) is 2.88. The van der Waals surface area contributed by atoms with Gasteiger partial charge in [0.25, 0.3) is 0 Å². The summed E-state index contributed by atoms with van der Waals surface area (Å²) in [7, 11) is 0. The average Bonchev–Trinajstić information content (AvgIpc) is 3.22. The van der Waals surface area contributed by atoms with Gasteiger partial charge >= 0.3 is 0 Å². The van der Waals surface area contributed by atoms with Crippen molar-refractivity contribution in [2.45, 2.75) is 38.9 Å². The van der Waals surface area contributed by atoms with E-state index < -0.39 is 6.04 Å². The molecule has 7 nitrogen and oxygen atoms in total. The smallest absolute Gasteiger partial charge is 0.248 e. The van der Waals surface area contributed by atoms with Crippen molar-refractivity contribution in [2.24, 2.45) is 0 Å². The van der Waals surface area contributed by atoms with E-state index in [1.807, 2.05) is 6.92 Å². The number of aromatic nitrogens is 2. The van der Waals surface area contributed by atoms with Gasteiger partial charge < -0.3 is 14.6 Å². The van der Waals surface area contributed by atoms with E-state index in [0.29, 0.717) is 31.0 Å². The molecule has 1 N–H and O–H groups in total. The maximum atomic E-state index is 12.4. The van der Waals surface area contributed by atoms with Crippen LogP contribution in [0, 0.1) is 0 Å². The summed E-state index contributed by atoms with van der Waals surface area (Å²) in [5.41, 5.74) is 0. The summed E-state index contributed by atoms with van der Waals surface area (Å²) >= 11 is 0. The van der Waals surface area contributed by atoms with Crippen molar-refractivity contribution in [3.05, 3.63) is 36.4 Å². The molecule has 0 aliphatic carbocycles. The fourth-order valence-corrected chi connectivity index (χ4v) is 2.59. The lowest BCUT2D eigenvalue weighted by Gasteiger charge is -2.22. The Balaban J connectivity index is 1.68. The number of hydrogen-bond acceptors (Lipinski definition) is 4. The van der Waals surface area contributed by atoms with E-state index in [1.54, 1.807) is 40.2 Å². The lowest BCUT2D eigenvalue weighted by molar-refractivity contribution is -0.134. The molecule has 3 heterocycles. The van der Waals surface area contributed by atoms with Crippen LogP contribution in [-0.4, -0.2) is 32.5 Å². The molecule has 1 aliphatic heterocycles. The van der Waals surface area contributed by atoms with Crippen LogP contribution in [0.5, 0.6) is 0 Å². The van der Waals surface area contributed by atoms with E-state index in [0.717, 1.165) is 6.54 Å². The van der Waals surface area contributed by atoms with Gasteiger partial charge in [-0.25, -0.2) is 0 Å². The molecule has 22 heavy (non-hydrogen) atoms. The van der Waals surface area contributed by atoms with Gasteiger partial charge in [0.05, 0.1) is 12.8 Å². The Kier molecular flexibility index (Phi) is 3.95. The van der Waals surface area contributed by atoms with Gasteiger partial charge in [0.15, 0.2) is 5.82 Å². The second-order valence-corrected chi connectivity index (χ2v) is 5.20. The van der Waals surface area contributed by atoms with Crippen LogP contribution >= 0.6 is 0 Å². The molecule has 2 aromatic rings. The van der Waals surface area contributed by atoms with Crippen LogP contribution in [0.2, 0.25) is 0 Å². The van der Waals surface area contributed by atoms with Crippen molar-refractivity contribution in [1.82, 2.24) is 14.7 Å². The normalized spacial score (nSPS) is 18.0. The molecule has 1 saturated heterocycles. The Morgan fingerprint density at radius 1 is 1.50 bits per heavy atom. The number of furan rings is 1. The fourth-order valence-electron chi connectivity index (χ4n) is 2.59. The third-order valence-corrected chi connectivity index (χ3v) is 3.75. The molecule has 0 unspecified atom stereocenters. The Bertz CT molecular complexity index is 662. The molecule has 0 saturated carbocycles. The van der Waals surface area contributed by atoms with Crippen molar-refractivity contribution in [1.29, 1.82) is 0 Å². The van der Waals surface area contributed by atoms with Crippen molar-refractivity contribution in [2.75, 3.05) is 5.32 Å². The highest BCUT2D eigenvalue weighted by molar-refractivity contribution is 5.98. The number of anilines is 1. The summed E-state index contributed by atoms with van der Waals surface area (Å²) in [6.07, 6.45) is 4.25. The number of aryl methyl sites for hydroxylation is 1. The maximum absolute atomic E-state index is 12.4. The van der Waals surface area contributed by atoms with Gasteiger partial charge in [0.1, 0.15) is 11.8 Å². The van der Waals surface area contributed by atoms with Crippen LogP contribution in [0.15, 0.2) is 35.1 Å². The van der Waals surface area contributed by atoms with E-state index >= 15 is 0 Å². The molecule has 2 amide bonds. The summed E-state index contributed by atoms with van der Waals surface area (Å²) in [5, 5.41) is 7.00. The Labute approximate surface area is 127 Å². The second-order valence-electron chi connectivity index (χ2n) is 5.20. The highest BCUT2D eigenvalue weighted by Crippen LogP contribution is 2.22. The molecule has 0 radical (unpaired) electrons. The highest BCUT2D eigenvalue weighted by Gasteiger charge is 2.36. The Morgan fingerprint density at radius 3 is 3.05 bits per heavy atom. The van der Waals surface area contributed by atoms with Crippen LogP contribution < -0.4 is 5.32 Å². The number of hydrogen-bond donors (Lipinski definition) is 1. The monoisotopic (exact) mass is 302 g/mol. The molecule has 1 fully saturated rings. The zero-order valence-corrected chi connectivity index (χ0v) is 12.4. The van der Waals surface area contributed by atoms with Crippen LogP contribution in [0.1, 0.15) is 25.5 Å². The summed E-state index contributed by atoms with van der Waals surface area (Å²) in [6, 6.07) is 4.82. The number of carbonyl (C=O) groups excluding carboxylic acids is 2. The third-order valence-electron chi connectivity index (χ3n) is 3.75. The molecule has 1 aliphatic rings. The van der Waals surface area contributed by atoms with Crippen LogP contribution in [0.25, 0.3) is 0 Å². The van der Waals surface area contributed by atoms with Crippen molar-refractivity contribution in [3.8, 4) is 0 Å². The van der Waals surface area contributed by atoms with E-state index in [4.69, 9.17) is 4.42 Å². The molecule has 1 atom stereocenters. The van der Waals surface area contributed by atoms with E-state index in [-0.39, 0.29) is 11.8 Å². The predicted molar refractivity (Wildman–Crippen MR) is 78.8 cm³/mol. The van der Waals surface area contributed by atoms with Crippen molar-refractivity contribution < 1.29 is 14.0 Å². The molecule has 7 heteroatoms. The molecule has 0 spiro atoms. The van der Waals surface area contributed by atoms with Crippen molar-refractivity contribution >= 4 is 17.6 Å². The Hall–Kier alpha value is -2.57. The first-order chi connectivity index (χ1) is 10.7. The molecular formula is C15H18N4O3. The lowest BCUT2D eigenvalue weighted by atomic mass is 10.2. The highest BCUT2D eigenvalue weighted by atomic mass is 16.3. The van der Waals surface area contributed by atoms with E-state index in [9.17, 15) is 9.59 Å². The van der Waals surface area contributed by atoms with Crippen LogP contribution in [0.4, 0.5) is 5.82 Å². The number of rotatable bonds is 5. The summed E-state index contributed by atoms with van der Waals surface area (Å²) in [4.78, 5) is 26.0. The van der Waals surface area contributed by atoms with Gasteiger partial charge in [-0.2, -0.15) is 5.10 Å². The minimum absolute atomic E-state index is 0.0318. The quantitative estimate of drug-likeness (QED) is 0.910. The second kappa shape index (κ2) is 6.05. The van der Waals surface area contributed by atoms with Crippen LogP contribution in [0.3, 0.4) is 0 Å².